The second kappa shape index (κ2) is 13.2. The molecule has 0 aliphatic carbocycles. The molecule has 0 unspecified atom stereocenters. The Morgan fingerprint density at radius 3 is 2.10 bits per heavy atom. The zero-order valence-corrected chi connectivity index (χ0v) is 32.4. The first-order chi connectivity index (χ1) is 23.3. The Hall–Kier alpha value is -4.67. The van der Waals surface area contributed by atoms with Crippen molar-refractivity contribution in [3.05, 3.63) is 126 Å². The summed E-state index contributed by atoms with van der Waals surface area (Å²) in [5.41, 5.74) is 9.26. The average Bonchev–Trinajstić information content (AvgIpc) is 3.57. The van der Waals surface area contributed by atoms with Crippen molar-refractivity contribution in [1.29, 1.82) is 0 Å². The number of ether oxygens (including phenoxy) is 2. The minimum Gasteiger partial charge on any atom is -0.509 e. The minimum atomic E-state index is -0.0163. The van der Waals surface area contributed by atoms with Crippen LogP contribution in [-0.2, 0) is 31.9 Å². The van der Waals surface area contributed by atoms with Crippen LogP contribution in [0.5, 0.6) is 17.4 Å². The molecule has 0 aliphatic rings. The fourth-order valence-corrected chi connectivity index (χ4v) is 6.38. The number of methoxy groups -OCH3 is 1. The van der Waals surface area contributed by atoms with E-state index in [2.05, 4.69) is 114 Å². The smallest absolute Gasteiger partial charge is 0.509 e. The molecule has 0 radical (unpaired) electrons. The Labute approximate surface area is 309 Å². The number of benzene rings is 4. The van der Waals surface area contributed by atoms with E-state index in [9.17, 15) is 0 Å². The maximum atomic E-state index is 6.43. The predicted octanol–water partition coefficient (Wildman–Crippen LogP) is 10.6. The molecule has 0 aliphatic heterocycles. The molecule has 0 fully saturated rings. The zero-order chi connectivity index (χ0) is 34.7. The van der Waals surface area contributed by atoms with Gasteiger partial charge in [-0.1, -0.05) is 83.5 Å². The summed E-state index contributed by atoms with van der Waals surface area (Å²) < 4.78 is 16.5. The maximum absolute atomic E-state index is 6.43. The third-order valence-corrected chi connectivity index (χ3v) is 9.05. The molecular formula is C43H42N4O2Pt. The summed E-state index contributed by atoms with van der Waals surface area (Å²) in [6.45, 7) is 17.6. The Morgan fingerprint density at radius 2 is 1.42 bits per heavy atom. The van der Waals surface area contributed by atoms with Crippen LogP contribution in [0.15, 0.2) is 91.1 Å². The molecule has 0 saturated heterocycles. The van der Waals surface area contributed by atoms with E-state index in [0.717, 1.165) is 50.0 Å². The first-order valence-corrected chi connectivity index (χ1v) is 16.7. The summed E-state index contributed by atoms with van der Waals surface area (Å²) in [6, 6.07) is 36.1. The van der Waals surface area contributed by atoms with E-state index >= 15 is 0 Å². The van der Waals surface area contributed by atoms with Gasteiger partial charge in [0.1, 0.15) is 5.82 Å². The number of para-hydroxylation sites is 1. The van der Waals surface area contributed by atoms with Gasteiger partial charge < -0.3 is 14.0 Å². The molecule has 3 heterocycles. The number of nitrogens with zero attached hydrogens (tertiary/aromatic N) is 4. The number of hydrogen-bond donors (Lipinski definition) is 0. The number of aryl methyl sites for hydroxylation is 2. The zero-order valence-electron chi connectivity index (χ0n) is 30.1. The number of rotatable bonds is 6. The van der Waals surface area contributed by atoms with Crippen LogP contribution in [0, 0.1) is 26.0 Å². The van der Waals surface area contributed by atoms with E-state index in [1.165, 1.54) is 11.1 Å². The summed E-state index contributed by atoms with van der Waals surface area (Å²) in [4.78, 5) is 4.70. The molecule has 0 N–H and O–H groups in total. The van der Waals surface area contributed by atoms with Crippen molar-refractivity contribution >= 4 is 21.8 Å². The molecule has 0 amide bonds. The normalized spacial score (nSPS) is 11.9. The van der Waals surface area contributed by atoms with E-state index < -0.39 is 0 Å². The Balaban J connectivity index is 0.00000432. The van der Waals surface area contributed by atoms with Gasteiger partial charge >= 0.3 is 21.1 Å². The van der Waals surface area contributed by atoms with Crippen molar-refractivity contribution < 1.29 is 30.5 Å². The van der Waals surface area contributed by atoms with Gasteiger partial charge in [0.2, 0.25) is 5.88 Å². The molecule has 7 heteroatoms. The molecule has 4 aromatic carbocycles. The topological polar surface area (TPSA) is 54.1 Å². The quantitative estimate of drug-likeness (QED) is 0.157. The van der Waals surface area contributed by atoms with Crippen molar-refractivity contribution in [2.45, 2.75) is 66.2 Å². The number of hydrogen-bond acceptors (Lipinski definition) is 4. The molecular weight excluding hydrogens is 800 g/mol. The second-order valence-corrected chi connectivity index (χ2v) is 14.8. The average molecular weight is 842 g/mol. The van der Waals surface area contributed by atoms with Gasteiger partial charge in [-0.15, -0.1) is 35.7 Å². The standard InChI is InChI=1S/C43H42N4O2.Pt/c1-27-19-20-44-39(21-27)46-37-16-11-10-15-35(37)36-18-17-34(26-38(36)46)49-33-14-12-13-32(25-33)47-41(48-9)40(28(2)45-47)29-22-30(42(3,4)5)24-31(23-29)43(6,7)8;/h10-24H,1-9H3;/q-2;+2. The van der Waals surface area contributed by atoms with E-state index in [4.69, 9.17) is 19.6 Å². The third kappa shape index (κ3) is 6.49. The molecule has 6 nitrogen and oxygen atoms in total. The van der Waals surface area contributed by atoms with Crippen LogP contribution in [0.2, 0.25) is 0 Å². The van der Waals surface area contributed by atoms with Gasteiger partial charge in [-0.2, -0.15) is 17.2 Å². The van der Waals surface area contributed by atoms with Gasteiger partial charge in [0.05, 0.1) is 18.4 Å². The van der Waals surface area contributed by atoms with Gasteiger partial charge in [0, 0.05) is 23.2 Å². The van der Waals surface area contributed by atoms with Gasteiger partial charge in [-0.25, -0.2) is 9.67 Å². The molecule has 7 rings (SSSR count). The Bertz CT molecular complexity index is 2320. The monoisotopic (exact) mass is 841 g/mol. The van der Waals surface area contributed by atoms with Gasteiger partial charge in [0.15, 0.2) is 0 Å². The molecule has 0 bridgehead atoms. The number of fused-ring (bicyclic) bond motifs is 3. The van der Waals surface area contributed by atoms with E-state index in [-0.39, 0.29) is 31.9 Å². The second-order valence-electron chi connectivity index (χ2n) is 14.8. The molecule has 50 heavy (non-hydrogen) atoms. The van der Waals surface area contributed by atoms with Crippen LogP contribution in [0.3, 0.4) is 0 Å². The van der Waals surface area contributed by atoms with Crippen LogP contribution < -0.4 is 9.47 Å². The molecule has 0 spiro atoms. The Kier molecular flexibility index (Phi) is 9.30. The maximum Gasteiger partial charge on any atom is 2.00 e. The van der Waals surface area contributed by atoms with E-state index in [0.29, 0.717) is 23.1 Å². The van der Waals surface area contributed by atoms with Crippen molar-refractivity contribution in [3.63, 3.8) is 0 Å². The van der Waals surface area contributed by atoms with Crippen molar-refractivity contribution in [2.24, 2.45) is 0 Å². The molecule has 0 atom stereocenters. The van der Waals surface area contributed by atoms with Crippen LogP contribution in [0.25, 0.3) is 44.4 Å². The third-order valence-electron chi connectivity index (χ3n) is 9.05. The molecule has 256 valence electrons. The van der Waals surface area contributed by atoms with Crippen LogP contribution in [0.4, 0.5) is 0 Å². The minimum absolute atomic E-state index is 0. The molecule has 3 aromatic heterocycles. The number of pyridine rings is 1. The Morgan fingerprint density at radius 1 is 0.720 bits per heavy atom. The molecule has 0 saturated carbocycles. The fraction of sp³-hybridized carbons (Fsp3) is 0.256. The van der Waals surface area contributed by atoms with E-state index in [1.807, 2.05) is 54.2 Å². The van der Waals surface area contributed by atoms with Crippen molar-refractivity contribution in [2.75, 3.05) is 7.11 Å². The fourth-order valence-electron chi connectivity index (χ4n) is 6.38. The van der Waals surface area contributed by atoms with Crippen molar-refractivity contribution in [1.82, 2.24) is 19.3 Å². The van der Waals surface area contributed by atoms with E-state index in [1.54, 1.807) is 7.11 Å². The van der Waals surface area contributed by atoms with Crippen LogP contribution >= 0.6 is 0 Å². The summed E-state index contributed by atoms with van der Waals surface area (Å²) in [5.74, 6) is 2.62. The first-order valence-electron chi connectivity index (χ1n) is 16.7. The van der Waals surface area contributed by atoms with Gasteiger partial charge in [-0.3, -0.25) is 0 Å². The van der Waals surface area contributed by atoms with Crippen LogP contribution in [0.1, 0.15) is 63.9 Å². The number of aromatic nitrogens is 4. The van der Waals surface area contributed by atoms with Gasteiger partial charge in [0.25, 0.3) is 0 Å². The van der Waals surface area contributed by atoms with Crippen molar-refractivity contribution in [3.8, 4) is 40.0 Å². The first kappa shape index (κ1) is 35.2. The summed E-state index contributed by atoms with van der Waals surface area (Å²) in [6.07, 6.45) is 1.84. The largest absolute Gasteiger partial charge is 2.00 e. The SMILES string of the molecule is COc1c(-c2cc(C(C)(C)C)cc(C(C)(C)C)c2)c(C)nn1-c1[c-]c(Oc2[c-]c3c(cc2)c2ccccc2n3-c2cc(C)ccn2)ccc1.[Pt+2]. The summed E-state index contributed by atoms with van der Waals surface area (Å²) >= 11 is 0. The molecule has 7 aromatic rings. The summed E-state index contributed by atoms with van der Waals surface area (Å²) in [5, 5.41) is 7.18. The van der Waals surface area contributed by atoms with Gasteiger partial charge in [-0.05, 0) is 76.2 Å². The van der Waals surface area contributed by atoms with Crippen LogP contribution in [-0.4, -0.2) is 26.4 Å². The predicted molar refractivity (Wildman–Crippen MR) is 199 cm³/mol. The summed E-state index contributed by atoms with van der Waals surface area (Å²) in [7, 11) is 1.70.